The Morgan fingerprint density at radius 3 is 2.68 bits per heavy atom. The monoisotopic (exact) mass is 369 g/mol. The molecule has 0 bridgehead atoms. The molecular formula is C17H23NO6S. The van der Waals surface area contributed by atoms with E-state index in [-0.39, 0.29) is 12.2 Å². The summed E-state index contributed by atoms with van der Waals surface area (Å²) in [6, 6.07) is 4.15. The Balaban J connectivity index is 1.86. The SMILES string of the molecule is CCCC[C@H](NC(=O)CCS(=O)c1ccc2c(c1)OCCO2)C(=O)O. The van der Waals surface area contributed by atoms with Crippen LogP contribution >= 0.6 is 0 Å². The number of unbranched alkanes of at least 4 members (excludes halogenated alkanes) is 1. The lowest BCUT2D eigenvalue weighted by molar-refractivity contribution is -0.142. The minimum absolute atomic E-state index is 0.00302. The lowest BCUT2D eigenvalue weighted by Crippen LogP contribution is -2.41. The standard InChI is InChI=1S/C17H23NO6S/c1-2-3-4-13(17(20)21)18-16(19)7-10-25(22)12-5-6-14-15(11-12)24-9-8-23-14/h5-6,11,13H,2-4,7-10H2,1H3,(H,18,19)(H,20,21)/t13-,25?/m0/s1. The van der Waals surface area contributed by atoms with Crippen LogP contribution in [0.2, 0.25) is 0 Å². The van der Waals surface area contributed by atoms with E-state index in [9.17, 15) is 13.8 Å². The fraction of sp³-hybridized carbons (Fsp3) is 0.529. The maximum absolute atomic E-state index is 12.3. The second-order valence-corrected chi connectivity index (χ2v) is 7.28. The first-order valence-corrected chi connectivity index (χ1v) is 9.63. The Bertz CT molecular complexity index is 648. The molecule has 1 heterocycles. The molecule has 1 aliphatic heterocycles. The van der Waals surface area contributed by atoms with Gasteiger partial charge in [-0.1, -0.05) is 19.8 Å². The van der Waals surface area contributed by atoms with Crippen LogP contribution < -0.4 is 14.8 Å². The molecule has 25 heavy (non-hydrogen) atoms. The highest BCUT2D eigenvalue weighted by atomic mass is 32.2. The molecule has 138 valence electrons. The first-order valence-electron chi connectivity index (χ1n) is 8.31. The molecule has 1 unspecified atom stereocenters. The summed E-state index contributed by atoms with van der Waals surface area (Å²) in [5.74, 6) is -0.174. The third kappa shape index (κ3) is 5.74. The van der Waals surface area contributed by atoms with E-state index in [0.717, 1.165) is 12.8 Å². The van der Waals surface area contributed by atoms with Gasteiger partial charge in [-0.15, -0.1) is 0 Å². The molecule has 1 aromatic carbocycles. The number of carbonyl (C=O) groups is 2. The van der Waals surface area contributed by atoms with Crippen LogP contribution in [-0.4, -0.2) is 46.2 Å². The van der Waals surface area contributed by atoms with Crippen molar-refractivity contribution < 1.29 is 28.4 Å². The van der Waals surface area contributed by atoms with Crippen molar-refractivity contribution in [2.24, 2.45) is 0 Å². The summed E-state index contributed by atoms with van der Waals surface area (Å²) >= 11 is 0. The largest absolute Gasteiger partial charge is 0.486 e. The predicted molar refractivity (Wildman–Crippen MR) is 92.4 cm³/mol. The molecule has 0 aromatic heterocycles. The van der Waals surface area contributed by atoms with Gasteiger partial charge in [-0.25, -0.2) is 4.79 Å². The highest BCUT2D eigenvalue weighted by molar-refractivity contribution is 7.85. The summed E-state index contributed by atoms with van der Waals surface area (Å²) in [6.45, 7) is 2.88. The van der Waals surface area contributed by atoms with Crippen LogP contribution in [0.25, 0.3) is 0 Å². The normalized spacial score (nSPS) is 15.2. The van der Waals surface area contributed by atoms with Gasteiger partial charge in [-0.3, -0.25) is 9.00 Å². The van der Waals surface area contributed by atoms with Gasteiger partial charge in [0.25, 0.3) is 0 Å². The fourth-order valence-electron chi connectivity index (χ4n) is 2.40. The summed E-state index contributed by atoms with van der Waals surface area (Å²) in [6.07, 6.45) is 1.97. The number of hydrogen-bond acceptors (Lipinski definition) is 5. The van der Waals surface area contributed by atoms with Gasteiger partial charge in [0.1, 0.15) is 19.3 Å². The molecule has 8 heteroatoms. The average molecular weight is 369 g/mol. The number of fused-ring (bicyclic) bond motifs is 1. The van der Waals surface area contributed by atoms with Crippen molar-refractivity contribution in [3.05, 3.63) is 18.2 Å². The van der Waals surface area contributed by atoms with E-state index < -0.39 is 28.7 Å². The maximum Gasteiger partial charge on any atom is 0.326 e. The van der Waals surface area contributed by atoms with Crippen molar-refractivity contribution in [3.63, 3.8) is 0 Å². The van der Waals surface area contributed by atoms with Crippen LogP contribution in [0, 0.1) is 0 Å². The molecule has 1 amide bonds. The van der Waals surface area contributed by atoms with Gasteiger partial charge in [0.15, 0.2) is 11.5 Å². The minimum atomic E-state index is -1.38. The number of amides is 1. The first kappa shape index (κ1) is 19.2. The molecular weight excluding hydrogens is 346 g/mol. The van der Waals surface area contributed by atoms with Crippen LogP contribution in [0.5, 0.6) is 11.5 Å². The molecule has 2 atom stereocenters. The van der Waals surface area contributed by atoms with Gasteiger partial charge < -0.3 is 19.9 Å². The zero-order chi connectivity index (χ0) is 18.2. The smallest absolute Gasteiger partial charge is 0.326 e. The van der Waals surface area contributed by atoms with Gasteiger partial charge >= 0.3 is 5.97 Å². The van der Waals surface area contributed by atoms with E-state index in [1.807, 2.05) is 6.92 Å². The highest BCUT2D eigenvalue weighted by Crippen LogP contribution is 2.31. The van der Waals surface area contributed by atoms with Crippen molar-refractivity contribution in [1.82, 2.24) is 5.32 Å². The van der Waals surface area contributed by atoms with E-state index in [2.05, 4.69) is 5.32 Å². The van der Waals surface area contributed by atoms with Crippen molar-refractivity contribution in [3.8, 4) is 11.5 Å². The number of hydrogen-bond donors (Lipinski definition) is 2. The highest BCUT2D eigenvalue weighted by Gasteiger charge is 2.20. The summed E-state index contributed by atoms with van der Waals surface area (Å²) in [5, 5.41) is 11.6. The van der Waals surface area contributed by atoms with Gasteiger partial charge in [0.2, 0.25) is 5.91 Å². The minimum Gasteiger partial charge on any atom is -0.486 e. The molecule has 2 N–H and O–H groups in total. The zero-order valence-corrected chi connectivity index (χ0v) is 15.0. The third-order valence-electron chi connectivity index (χ3n) is 3.77. The molecule has 0 radical (unpaired) electrons. The molecule has 0 spiro atoms. The number of ether oxygens (including phenoxy) is 2. The molecule has 1 aliphatic rings. The van der Waals surface area contributed by atoms with Crippen LogP contribution in [0.3, 0.4) is 0 Å². The maximum atomic E-state index is 12.3. The van der Waals surface area contributed by atoms with Crippen LogP contribution in [-0.2, 0) is 20.4 Å². The molecule has 7 nitrogen and oxygen atoms in total. The Kier molecular flexibility index (Phi) is 7.24. The third-order valence-corrected chi connectivity index (χ3v) is 5.13. The van der Waals surface area contributed by atoms with Crippen LogP contribution in [0.1, 0.15) is 32.6 Å². The Hall–Kier alpha value is -2.09. The van der Waals surface area contributed by atoms with Gasteiger partial charge in [-0.2, -0.15) is 0 Å². The Morgan fingerprint density at radius 1 is 1.28 bits per heavy atom. The Morgan fingerprint density at radius 2 is 2.00 bits per heavy atom. The van der Waals surface area contributed by atoms with Crippen molar-refractivity contribution >= 4 is 22.7 Å². The average Bonchev–Trinajstić information content (AvgIpc) is 2.62. The number of carboxylic acid groups (broad SMARTS) is 1. The number of aliphatic carboxylic acids is 1. The first-order chi connectivity index (χ1) is 12.0. The number of nitrogens with one attached hydrogen (secondary N) is 1. The Labute approximate surface area is 149 Å². The van der Waals surface area contributed by atoms with Gasteiger partial charge in [-0.05, 0) is 18.6 Å². The predicted octanol–water partition coefficient (Wildman–Crippen LogP) is 1.72. The van der Waals surface area contributed by atoms with E-state index >= 15 is 0 Å². The molecule has 0 saturated heterocycles. The van der Waals surface area contributed by atoms with Gasteiger partial charge in [0.05, 0.1) is 10.8 Å². The summed E-state index contributed by atoms with van der Waals surface area (Å²) in [5.41, 5.74) is 0. The van der Waals surface area contributed by atoms with E-state index in [0.29, 0.717) is 36.0 Å². The number of carboxylic acids is 1. The van der Waals surface area contributed by atoms with Gasteiger partial charge in [0, 0.05) is 23.1 Å². The fourth-order valence-corrected chi connectivity index (χ4v) is 3.47. The van der Waals surface area contributed by atoms with E-state index in [1.165, 1.54) is 0 Å². The lowest BCUT2D eigenvalue weighted by atomic mass is 10.1. The number of rotatable bonds is 9. The molecule has 1 aromatic rings. The second-order valence-electron chi connectivity index (χ2n) is 5.71. The lowest BCUT2D eigenvalue weighted by Gasteiger charge is -2.18. The second kappa shape index (κ2) is 9.41. The van der Waals surface area contributed by atoms with Crippen molar-refractivity contribution in [2.75, 3.05) is 19.0 Å². The summed E-state index contributed by atoms with van der Waals surface area (Å²) in [4.78, 5) is 23.6. The molecule has 0 aliphatic carbocycles. The summed E-state index contributed by atoms with van der Waals surface area (Å²) in [7, 11) is -1.38. The zero-order valence-electron chi connectivity index (χ0n) is 14.2. The van der Waals surface area contributed by atoms with Crippen molar-refractivity contribution in [2.45, 2.75) is 43.5 Å². The quantitative estimate of drug-likeness (QED) is 0.687. The van der Waals surface area contributed by atoms with E-state index in [4.69, 9.17) is 14.6 Å². The number of carbonyl (C=O) groups excluding carboxylic acids is 1. The summed E-state index contributed by atoms with van der Waals surface area (Å²) < 4.78 is 23.2. The van der Waals surface area contributed by atoms with Crippen molar-refractivity contribution in [1.29, 1.82) is 0 Å². The van der Waals surface area contributed by atoms with E-state index in [1.54, 1.807) is 18.2 Å². The van der Waals surface area contributed by atoms with Crippen LogP contribution in [0.4, 0.5) is 0 Å². The molecule has 0 fully saturated rings. The van der Waals surface area contributed by atoms with Crippen LogP contribution in [0.15, 0.2) is 23.1 Å². The topological polar surface area (TPSA) is 102 Å². The number of benzene rings is 1. The molecule has 2 rings (SSSR count). The molecule has 0 saturated carbocycles.